The van der Waals surface area contributed by atoms with Gasteiger partial charge in [0.15, 0.2) is 0 Å². The van der Waals surface area contributed by atoms with Gasteiger partial charge in [0.1, 0.15) is 0 Å². The first-order valence-corrected chi connectivity index (χ1v) is 16.0. The zero-order valence-electron chi connectivity index (χ0n) is 21.7. The molecular weight excluding hydrogens is 416 g/mol. The smallest absolute Gasteiger partial charge is 0.358 e. The van der Waals surface area contributed by atoms with E-state index >= 15 is 0 Å². The Kier molecular flexibility index (Phi) is 10.2. The van der Waals surface area contributed by atoms with E-state index in [1.54, 1.807) is 10.4 Å². The molecule has 0 aliphatic heterocycles. The minimum Gasteiger partial charge on any atom is -0.358 e. The first-order chi connectivity index (χ1) is 11.6. The van der Waals surface area contributed by atoms with Crippen molar-refractivity contribution in [2.45, 2.75) is 91.7 Å². The van der Waals surface area contributed by atoms with Gasteiger partial charge in [0.05, 0.1) is 16.1 Å². The molecule has 161 valence electrons. The quantitative estimate of drug-likeness (QED) is 0.325. The van der Waals surface area contributed by atoms with Gasteiger partial charge in [-0.15, -0.1) is 6.92 Å². The maximum atomic E-state index is 3.97. The van der Waals surface area contributed by atoms with Gasteiger partial charge in [-0.2, -0.15) is 11.1 Å². The molecule has 1 aliphatic rings. The third-order valence-corrected chi connectivity index (χ3v) is 16.3. The molecule has 0 bridgehead atoms. The summed E-state index contributed by atoms with van der Waals surface area (Å²) < 4.78 is 0. The zero-order valence-corrected chi connectivity index (χ0v) is 25.3. The summed E-state index contributed by atoms with van der Waals surface area (Å²) in [6, 6.07) is 7.51. The predicted octanol–water partition coefficient (Wildman–Crippen LogP) is 7.38. The summed E-state index contributed by atoms with van der Waals surface area (Å²) in [7, 11) is -3.33. The summed E-state index contributed by atoms with van der Waals surface area (Å²) in [5.74, 6) is 0. The Morgan fingerprint density at radius 2 is 1.28 bits per heavy atom. The number of aryl methyl sites for hydroxylation is 1. The van der Waals surface area contributed by atoms with Gasteiger partial charge >= 0.3 is 21.7 Å². The average molecular weight is 462 g/mol. The maximum absolute atomic E-state index is 3.97. The Hall–Kier alpha value is -0.152. The van der Waals surface area contributed by atoms with Crippen LogP contribution in [0.4, 0.5) is 0 Å². The van der Waals surface area contributed by atoms with Gasteiger partial charge in [-0.25, -0.2) is 5.57 Å². The first kappa shape index (κ1) is 31.0. The molecule has 2 rings (SSSR count). The fourth-order valence-electron chi connectivity index (χ4n) is 4.70. The van der Waals surface area contributed by atoms with Gasteiger partial charge in [0.25, 0.3) is 0 Å². The molecule has 3 heteroatoms. The van der Waals surface area contributed by atoms with E-state index in [1.807, 2.05) is 0 Å². The summed E-state index contributed by atoms with van der Waals surface area (Å²) in [4.78, 5) is 0. The Labute approximate surface area is 200 Å². The number of hydrogen-bond donors (Lipinski definition) is 0. The minimum absolute atomic E-state index is 0. The van der Waals surface area contributed by atoms with Crippen LogP contribution in [0.3, 0.4) is 0 Å². The summed E-state index contributed by atoms with van der Waals surface area (Å²) in [6.45, 7) is 29.0. The summed E-state index contributed by atoms with van der Waals surface area (Å²) >= 11 is 0. The van der Waals surface area contributed by atoms with Crippen LogP contribution in [0.25, 0.3) is 0 Å². The fourth-order valence-corrected chi connectivity index (χ4v) is 11.4. The van der Waals surface area contributed by atoms with Gasteiger partial charge in [0, 0.05) is 0 Å². The standard InChI is InChI=1S/C24H39Si2.2CH3.Ti/c1-17-13-21(25(9,10)11)15-22(14-17)26(12,23(5,6)7)24(8)16-18(2)19(3)20(24)4;;;/h13-15H,1-12H3;2*1H3;/q3*-1;+3. The summed E-state index contributed by atoms with van der Waals surface area (Å²) in [6.07, 6.45) is 3.97. The van der Waals surface area contributed by atoms with Crippen molar-refractivity contribution >= 4 is 26.5 Å². The molecule has 1 aliphatic carbocycles. The normalized spacial score (nSPS) is 21.4. The second-order valence-corrected chi connectivity index (χ2v) is 21.2. The van der Waals surface area contributed by atoms with Crippen molar-refractivity contribution in [1.82, 2.24) is 0 Å². The van der Waals surface area contributed by atoms with Crippen LogP contribution in [0, 0.1) is 27.9 Å². The van der Waals surface area contributed by atoms with Gasteiger partial charge in [-0.3, -0.25) is 6.08 Å². The minimum atomic E-state index is -1.97. The van der Waals surface area contributed by atoms with E-state index in [1.165, 1.54) is 22.3 Å². The van der Waals surface area contributed by atoms with Crippen LogP contribution < -0.4 is 10.4 Å². The summed E-state index contributed by atoms with van der Waals surface area (Å²) in [5, 5.41) is 3.49. The molecule has 1 aromatic carbocycles. The Morgan fingerprint density at radius 1 is 0.828 bits per heavy atom. The van der Waals surface area contributed by atoms with Crippen LogP contribution in [-0.4, -0.2) is 16.1 Å². The molecule has 2 unspecified atom stereocenters. The van der Waals surface area contributed by atoms with Crippen molar-refractivity contribution < 1.29 is 21.7 Å². The van der Waals surface area contributed by atoms with Crippen molar-refractivity contribution in [3.63, 3.8) is 0 Å². The molecule has 0 amide bonds. The molecule has 0 heterocycles. The van der Waals surface area contributed by atoms with Crippen LogP contribution in [0.15, 0.2) is 34.9 Å². The van der Waals surface area contributed by atoms with E-state index in [4.69, 9.17) is 0 Å². The number of benzene rings is 1. The molecule has 0 saturated carbocycles. The largest absolute Gasteiger partial charge is 3.00 e. The van der Waals surface area contributed by atoms with Gasteiger partial charge < -0.3 is 14.9 Å². The maximum Gasteiger partial charge on any atom is 3.00 e. The number of hydrogen-bond acceptors (Lipinski definition) is 0. The van der Waals surface area contributed by atoms with E-state index in [9.17, 15) is 0 Å². The molecule has 0 fully saturated rings. The Morgan fingerprint density at radius 3 is 1.62 bits per heavy atom. The predicted molar refractivity (Wildman–Crippen MR) is 137 cm³/mol. The topological polar surface area (TPSA) is 0 Å². The van der Waals surface area contributed by atoms with Crippen LogP contribution in [-0.2, 0) is 21.7 Å². The van der Waals surface area contributed by atoms with E-state index < -0.39 is 16.1 Å². The van der Waals surface area contributed by atoms with Crippen molar-refractivity contribution in [1.29, 1.82) is 0 Å². The van der Waals surface area contributed by atoms with Gasteiger partial charge in [-0.05, 0) is 12.0 Å². The third kappa shape index (κ3) is 5.03. The van der Waals surface area contributed by atoms with E-state index in [2.05, 4.69) is 106 Å². The molecule has 0 aromatic heterocycles. The van der Waals surface area contributed by atoms with Crippen molar-refractivity contribution in [3.05, 3.63) is 61.4 Å². The van der Waals surface area contributed by atoms with Crippen molar-refractivity contribution in [3.8, 4) is 0 Å². The van der Waals surface area contributed by atoms with E-state index in [0.717, 1.165) is 0 Å². The van der Waals surface area contributed by atoms with Crippen molar-refractivity contribution in [2.75, 3.05) is 0 Å². The van der Waals surface area contributed by atoms with Gasteiger partial charge in [-0.1, -0.05) is 107 Å². The number of rotatable bonds is 3. The molecule has 0 N–H and O–H groups in total. The van der Waals surface area contributed by atoms with Crippen molar-refractivity contribution in [2.24, 2.45) is 0 Å². The first-order valence-electron chi connectivity index (χ1n) is 9.98. The zero-order chi connectivity index (χ0) is 20.3. The molecule has 0 nitrogen and oxygen atoms in total. The van der Waals surface area contributed by atoms with Crippen LogP contribution in [0.5, 0.6) is 0 Å². The Bertz CT molecular complexity index is 790. The average Bonchev–Trinajstić information content (AvgIpc) is 2.68. The fraction of sp³-hybridized carbons (Fsp3) is 0.538. The molecule has 1 aromatic rings. The molecular formula is C26H45Si2Ti. The van der Waals surface area contributed by atoms with Gasteiger partial charge in [0.2, 0.25) is 0 Å². The van der Waals surface area contributed by atoms with E-state index in [-0.39, 0.29) is 46.6 Å². The molecule has 29 heavy (non-hydrogen) atoms. The second-order valence-electron chi connectivity index (χ2n) is 10.8. The molecule has 0 spiro atoms. The van der Waals surface area contributed by atoms with E-state index in [0.29, 0.717) is 0 Å². The molecule has 1 radical (unpaired) electrons. The SMILES string of the molecule is CC1=[C-]C(C)([Si](C)(c2cc(C)cc([Si](C)(C)C)c2)C(C)(C)C)C(C)=C1C.[CH3-].[CH3-].[Ti+3]. The van der Waals surface area contributed by atoms with Crippen LogP contribution >= 0.6 is 0 Å². The summed E-state index contributed by atoms with van der Waals surface area (Å²) in [5.41, 5.74) is 5.76. The monoisotopic (exact) mass is 461 g/mol. The third-order valence-electron chi connectivity index (χ3n) is 7.33. The molecule has 2 atom stereocenters. The van der Waals surface area contributed by atoms with Crippen LogP contribution in [0.1, 0.15) is 54.0 Å². The second kappa shape index (κ2) is 9.55. The van der Waals surface area contributed by atoms with Crippen LogP contribution in [0.2, 0.25) is 36.3 Å². The molecule has 0 saturated heterocycles. The number of allylic oxidation sites excluding steroid dienone is 4. The Balaban J connectivity index is 0.